The number of H-pyrrole nitrogens is 1. The summed E-state index contributed by atoms with van der Waals surface area (Å²) in [4.78, 5) is 19.7. The summed E-state index contributed by atoms with van der Waals surface area (Å²) in [5, 5.41) is 0. The fourth-order valence-corrected chi connectivity index (χ4v) is 3.21. The molecule has 4 rings (SSSR count). The first-order chi connectivity index (χ1) is 14.1. The van der Waals surface area contributed by atoms with Gasteiger partial charge in [0.1, 0.15) is 5.75 Å². The Labute approximate surface area is 169 Å². The maximum absolute atomic E-state index is 11.9. The van der Waals surface area contributed by atoms with E-state index in [0.717, 1.165) is 33.5 Å². The van der Waals surface area contributed by atoms with Crippen molar-refractivity contribution in [3.05, 3.63) is 83.7 Å². The van der Waals surface area contributed by atoms with Crippen LogP contribution in [-0.4, -0.2) is 22.4 Å². The Hall–Kier alpha value is -3.84. The summed E-state index contributed by atoms with van der Waals surface area (Å²) in [5.74, 6) is 7.68. The van der Waals surface area contributed by atoms with Crippen LogP contribution in [0.3, 0.4) is 0 Å². The zero-order valence-electron chi connectivity index (χ0n) is 16.3. The fourth-order valence-electron chi connectivity index (χ4n) is 3.21. The van der Waals surface area contributed by atoms with Crippen LogP contribution >= 0.6 is 0 Å². The van der Waals surface area contributed by atoms with Crippen LogP contribution in [0.25, 0.3) is 22.2 Å². The molecule has 4 nitrogen and oxygen atoms in total. The number of nitrogens with one attached hydrogen (secondary N) is 1. The van der Waals surface area contributed by atoms with E-state index in [0.29, 0.717) is 18.0 Å². The number of carbonyl (C=O) groups is 1. The summed E-state index contributed by atoms with van der Waals surface area (Å²) >= 11 is 0. The highest BCUT2D eigenvalue weighted by Gasteiger charge is 2.10. The van der Waals surface area contributed by atoms with E-state index in [9.17, 15) is 4.79 Å². The largest absolute Gasteiger partial charge is 0.494 e. The normalized spacial score (nSPS) is 10.4. The average Bonchev–Trinajstić information content (AvgIpc) is 3.15. The lowest BCUT2D eigenvalue weighted by molar-refractivity contribution is 0.101. The molecule has 1 N–H and O–H groups in total. The van der Waals surface area contributed by atoms with Crippen LogP contribution in [0.2, 0.25) is 0 Å². The number of carbonyl (C=O) groups excluding carboxylic acids is 1. The topological polar surface area (TPSA) is 55.0 Å². The fraction of sp³-hybridized carbons (Fsp3) is 0.120. The van der Waals surface area contributed by atoms with Gasteiger partial charge in [-0.25, -0.2) is 4.98 Å². The standard InChI is InChI=1S/C25H20N2O2/c1-3-29-20-12-8-18(9-13-20)10-15-25-26-23-14-11-19(16-24(23)27-25)22-7-5-4-6-21(22)17(2)28/h4-9,11-14,16H,3H2,1-2H3,(H,26,27). The Balaban J connectivity index is 1.64. The number of aromatic amines is 1. The van der Waals surface area contributed by atoms with Crippen LogP contribution in [0.15, 0.2) is 66.7 Å². The first kappa shape index (κ1) is 18.5. The molecule has 142 valence electrons. The van der Waals surface area contributed by atoms with E-state index >= 15 is 0 Å². The number of Topliss-reactive ketones (excluding diaryl/α,β-unsaturated/α-hetero) is 1. The molecule has 29 heavy (non-hydrogen) atoms. The maximum atomic E-state index is 11.9. The quantitative estimate of drug-likeness (QED) is 0.389. The molecule has 0 amide bonds. The second kappa shape index (κ2) is 8.04. The zero-order chi connectivity index (χ0) is 20.2. The van der Waals surface area contributed by atoms with Gasteiger partial charge in [-0.15, -0.1) is 0 Å². The number of ether oxygens (including phenoxy) is 1. The van der Waals surface area contributed by atoms with E-state index in [2.05, 4.69) is 21.8 Å². The number of rotatable bonds is 4. The first-order valence-corrected chi connectivity index (χ1v) is 9.49. The van der Waals surface area contributed by atoms with Gasteiger partial charge in [0.25, 0.3) is 0 Å². The molecule has 0 fully saturated rings. The van der Waals surface area contributed by atoms with E-state index in [1.54, 1.807) is 6.92 Å². The number of hydrogen-bond acceptors (Lipinski definition) is 3. The Morgan fingerprint density at radius 2 is 1.83 bits per heavy atom. The minimum absolute atomic E-state index is 0.0484. The van der Waals surface area contributed by atoms with E-state index in [1.165, 1.54) is 0 Å². The molecule has 3 aromatic carbocycles. The number of nitrogens with zero attached hydrogens (tertiary/aromatic N) is 1. The third-order valence-corrected chi connectivity index (χ3v) is 4.59. The highest BCUT2D eigenvalue weighted by atomic mass is 16.5. The van der Waals surface area contributed by atoms with Gasteiger partial charge in [0.05, 0.1) is 17.6 Å². The lowest BCUT2D eigenvalue weighted by atomic mass is 9.97. The lowest BCUT2D eigenvalue weighted by Crippen LogP contribution is -1.95. The summed E-state index contributed by atoms with van der Waals surface area (Å²) in [7, 11) is 0. The summed E-state index contributed by atoms with van der Waals surface area (Å²) < 4.78 is 5.45. The van der Waals surface area contributed by atoms with Crippen LogP contribution in [0, 0.1) is 11.8 Å². The molecule has 0 saturated carbocycles. The third kappa shape index (κ3) is 4.04. The van der Waals surface area contributed by atoms with Crippen molar-refractivity contribution >= 4 is 16.8 Å². The predicted octanol–water partition coefficient (Wildman–Crippen LogP) is 5.23. The van der Waals surface area contributed by atoms with Gasteiger partial charge in [-0.05, 0) is 67.3 Å². The van der Waals surface area contributed by atoms with Crippen molar-refractivity contribution in [2.45, 2.75) is 13.8 Å². The Morgan fingerprint density at radius 3 is 2.59 bits per heavy atom. The molecule has 0 spiro atoms. The van der Waals surface area contributed by atoms with Crippen molar-refractivity contribution in [2.75, 3.05) is 6.61 Å². The molecule has 4 aromatic rings. The van der Waals surface area contributed by atoms with Crippen molar-refractivity contribution in [3.8, 4) is 28.7 Å². The summed E-state index contributed by atoms with van der Waals surface area (Å²) in [6.45, 7) is 4.18. The Bertz CT molecular complexity index is 1240. The van der Waals surface area contributed by atoms with Crippen LogP contribution in [0.5, 0.6) is 5.75 Å². The third-order valence-electron chi connectivity index (χ3n) is 4.59. The molecule has 1 aromatic heterocycles. The van der Waals surface area contributed by atoms with Gasteiger partial charge in [-0.2, -0.15) is 0 Å². The van der Waals surface area contributed by atoms with Crippen LogP contribution in [-0.2, 0) is 0 Å². The van der Waals surface area contributed by atoms with Crippen LogP contribution < -0.4 is 4.74 Å². The average molecular weight is 380 g/mol. The molecule has 1 heterocycles. The molecule has 0 unspecified atom stereocenters. The SMILES string of the molecule is CCOc1ccc(C#Cc2nc3ccc(-c4ccccc4C(C)=O)cc3[nH]2)cc1. The molecule has 0 aliphatic heterocycles. The van der Waals surface area contributed by atoms with Gasteiger partial charge in [0.15, 0.2) is 11.6 Å². The zero-order valence-corrected chi connectivity index (χ0v) is 16.3. The Kier molecular flexibility index (Phi) is 5.13. The number of aromatic nitrogens is 2. The molecular weight excluding hydrogens is 360 g/mol. The first-order valence-electron chi connectivity index (χ1n) is 9.49. The minimum atomic E-state index is 0.0484. The van der Waals surface area contributed by atoms with E-state index in [1.807, 2.05) is 73.7 Å². The lowest BCUT2D eigenvalue weighted by Gasteiger charge is -2.06. The van der Waals surface area contributed by atoms with E-state index in [-0.39, 0.29) is 5.78 Å². The van der Waals surface area contributed by atoms with Crippen LogP contribution in [0.4, 0.5) is 0 Å². The van der Waals surface area contributed by atoms with E-state index < -0.39 is 0 Å². The molecule has 0 aliphatic carbocycles. The van der Waals surface area contributed by atoms with Crippen molar-refractivity contribution in [1.29, 1.82) is 0 Å². The van der Waals surface area contributed by atoms with Crippen LogP contribution in [0.1, 0.15) is 35.6 Å². The number of imidazole rings is 1. The highest BCUT2D eigenvalue weighted by molar-refractivity contribution is 6.01. The molecule has 0 bridgehead atoms. The van der Waals surface area contributed by atoms with Gasteiger partial charge in [-0.1, -0.05) is 36.3 Å². The Morgan fingerprint density at radius 1 is 1.03 bits per heavy atom. The summed E-state index contributed by atoms with van der Waals surface area (Å²) in [5.41, 5.74) is 5.21. The smallest absolute Gasteiger partial charge is 0.184 e. The van der Waals surface area contributed by atoms with Crippen molar-refractivity contribution in [2.24, 2.45) is 0 Å². The predicted molar refractivity (Wildman–Crippen MR) is 115 cm³/mol. The monoisotopic (exact) mass is 380 g/mol. The second-order valence-corrected chi connectivity index (χ2v) is 6.63. The van der Waals surface area contributed by atoms with Crippen molar-refractivity contribution < 1.29 is 9.53 Å². The van der Waals surface area contributed by atoms with Gasteiger partial charge in [0.2, 0.25) is 0 Å². The molecule has 4 heteroatoms. The summed E-state index contributed by atoms with van der Waals surface area (Å²) in [6.07, 6.45) is 0. The number of benzene rings is 3. The van der Waals surface area contributed by atoms with E-state index in [4.69, 9.17) is 4.74 Å². The molecule has 0 atom stereocenters. The summed E-state index contributed by atoms with van der Waals surface area (Å²) in [6, 6.07) is 21.2. The molecule has 0 saturated heterocycles. The second-order valence-electron chi connectivity index (χ2n) is 6.63. The van der Waals surface area contributed by atoms with Gasteiger partial charge in [0, 0.05) is 11.1 Å². The number of hydrogen-bond donors (Lipinski definition) is 1. The highest BCUT2D eigenvalue weighted by Crippen LogP contribution is 2.27. The van der Waals surface area contributed by atoms with Gasteiger partial charge in [-0.3, -0.25) is 4.79 Å². The van der Waals surface area contributed by atoms with Gasteiger partial charge < -0.3 is 9.72 Å². The number of fused-ring (bicyclic) bond motifs is 1. The minimum Gasteiger partial charge on any atom is -0.494 e. The van der Waals surface area contributed by atoms with Gasteiger partial charge >= 0.3 is 0 Å². The van der Waals surface area contributed by atoms with Crippen molar-refractivity contribution in [3.63, 3.8) is 0 Å². The molecule has 0 aliphatic rings. The maximum Gasteiger partial charge on any atom is 0.184 e. The van der Waals surface area contributed by atoms with Crippen molar-refractivity contribution in [1.82, 2.24) is 9.97 Å². The molecular formula is C25H20N2O2. The molecule has 0 radical (unpaired) electrons. The number of ketones is 1.